The van der Waals surface area contributed by atoms with E-state index in [4.69, 9.17) is 9.47 Å². The Labute approximate surface area is 177 Å². The Kier molecular flexibility index (Phi) is 4.84. The van der Waals surface area contributed by atoms with E-state index in [9.17, 15) is 13.2 Å². The second kappa shape index (κ2) is 7.01. The molecule has 2 bridgehead atoms. The summed E-state index contributed by atoms with van der Waals surface area (Å²) in [4.78, 5) is 14.9. The number of carbonyl (C=O) groups excluding carboxylic acids is 1. The first kappa shape index (κ1) is 20.7. The molecule has 2 aliphatic rings. The van der Waals surface area contributed by atoms with Crippen LogP contribution in [0, 0.1) is 0 Å². The molecule has 2 heterocycles. The van der Waals surface area contributed by atoms with Gasteiger partial charge in [-0.15, -0.1) is 0 Å². The van der Waals surface area contributed by atoms with Gasteiger partial charge in [-0.3, -0.25) is 4.79 Å². The molecule has 0 aromatic heterocycles. The van der Waals surface area contributed by atoms with Gasteiger partial charge in [-0.1, -0.05) is 38.1 Å². The van der Waals surface area contributed by atoms with Gasteiger partial charge < -0.3 is 14.4 Å². The lowest BCUT2D eigenvalue weighted by molar-refractivity contribution is -0.160. The van der Waals surface area contributed by atoms with E-state index >= 15 is 0 Å². The smallest absolute Gasteiger partial charge is 0.244 e. The Hall–Kier alpha value is -2.54. The highest BCUT2D eigenvalue weighted by Gasteiger charge is 2.57. The summed E-state index contributed by atoms with van der Waals surface area (Å²) in [5.41, 5.74) is 0.812. The molecule has 6 nitrogen and oxygen atoms in total. The maximum atomic E-state index is 13.7. The Morgan fingerprint density at radius 2 is 1.83 bits per heavy atom. The van der Waals surface area contributed by atoms with Crippen molar-refractivity contribution in [2.24, 2.45) is 0 Å². The number of hydrogen-bond donors (Lipinski definition) is 0. The number of fused-ring (bicyclic) bond motifs is 4. The second-order valence-corrected chi connectivity index (χ2v) is 10.6. The average Bonchev–Trinajstić information content (AvgIpc) is 2.71. The molecule has 2 aliphatic heterocycles. The highest BCUT2D eigenvalue weighted by Crippen LogP contribution is 2.52. The molecule has 4 rings (SSSR count). The van der Waals surface area contributed by atoms with E-state index in [1.54, 1.807) is 38.4 Å². The second-order valence-electron chi connectivity index (χ2n) is 8.55. The Morgan fingerprint density at radius 3 is 2.43 bits per heavy atom. The molecule has 1 fully saturated rings. The van der Waals surface area contributed by atoms with E-state index < -0.39 is 32.6 Å². The van der Waals surface area contributed by atoms with Crippen molar-refractivity contribution in [2.75, 3.05) is 14.2 Å². The van der Waals surface area contributed by atoms with Crippen molar-refractivity contribution < 1.29 is 22.7 Å². The maximum absolute atomic E-state index is 13.7. The molecular weight excluding hydrogens is 402 g/mol. The molecule has 160 valence electrons. The van der Waals surface area contributed by atoms with Gasteiger partial charge in [0.15, 0.2) is 32.3 Å². The largest absolute Gasteiger partial charge is 0.493 e. The van der Waals surface area contributed by atoms with E-state index in [1.165, 1.54) is 4.90 Å². The van der Waals surface area contributed by atoms with Crippen LogP contribution in [0.3, 0.4) is 0 Å². The van der Waals surface area contributed by atoms with Gasteiger partial charge in [0.25, 0.3) is 0 Å². The Morgan fingerprint density at radius 1 is 1.17 bits per heavy atom. The van der Waals surface area contributed by atoms with Crippen LogP contribution in [0.1, 0.15) is 50.2 Å². The molecule has 1 saturated heterocycles. The van der Waals surface area contributed by atoms with Crippen LogP contribution >= 0.6 is 0 Å². The summed E-state index contributed by atoms with van der Waals surface area (Å²) < 4.78 is 39.0. The van der Waals surface area contributed by atoms with Crippen molar-refractivity contribution >= 4 is 15.7 Å². The number of benzene rings is 2. The molecule has 0 unspecified atom stereocenters. The van der Waals surface area contributed by atoms with Crippen molar-refractivity contribution in [1.29, 1.82) is 0 Å². The fourth-order valence-electron chi connectivity index (χ4n) is 4.48. The number of rotatable bonds is 4. The zero-order valence-corrected chi connectivity index (χ0v) is 18.7. The molecule has 0 saturated carbocycles. The van der Waals surface area contributed by atoms with Crippen molar-refractivity contribution in [3.63, 3.8) is 0 Å². The maximum Gasteiger partial charge on any atom is 0.244 e. The number of methoxy groups -OCH3 is 1. The summed E-state index contributed by atoms with van der Waals surface area (Å²) in [6.45, 7) is 5.92. The predicted octanol–water partition coefficient (Wildman–Crippen LogP) is 3.72. The van der Waals surface area contributed by atoms with Crippen LogP contribution in [0.4, 0.5) is 0 Å². The van der Waals surface area contributed by atoms with Crippen LogP contribution < -0.4 is 9.47 Å². The SMILES string of the molecule is COc1cccc2c1O[C@@]1(C)C[C@H]2[C@@H](S(=O)(=O)c2ccc(C(C)C)cc2)C(=O)N1C. The number of para-hydroxylation sites is 1. The summed E-state index contributed by atoms with van der Waals surface area (Å²) in [6.07, 6.45) is 0.392. The molecule has 30 heavy (non-hydrogen) atoms. The molecule has 2 aromatic carbocycles. The summed E-state index contributed by atoms with van der Waals surface area (Å²) in [5, 5.41) is -1.21. The van der Waals surface area contributed by atoms with Gasteiger partial charge in [-0.05, 0) is 36.6 Å². The van der Waals surface area contributed by atoms with Crippen LogP contribution in [0.25, 0.3) is 0 Å². The van der Waals surface area contributed by atoms with Gasteiger partial charge in [-0.2, -0.15) is 0 Å². The minimum absolute atomic E-state index is 0.165. The van der Waals surface area contributed by atoms with E-state index in [2.05, 4.69) is 13.8 Å². The predicted molar refractivity (Wildman–Crippen MR) is 114 cm³/mol. The molecule has 7 heteroatoms. The van der Waals surface area contributed by atoms with Gasteiger partial charge in [0.2, 0.25) is 5.91 Å². The standard InChI is InChI=1S/C23H27NO5S/c1-14(2)15-9-11-16(12-10-15)30(26,27)21-18-13-23(3,24(4)22(21)25)29-20-17(18)7-6-8-19(20)28-5/h6-12,14,18,21H,13H2,1-5H3/t18-,21-,23+/m1/s1. The number of carbonyl (C=O) groups is 1. The quantitative estimate of drug-likeness (QED) is 0.741. The van der Waals surface area contributed by atoms with Crippen LogP contribution in [0.15, 0.2) is 47.4 Å². The lowest BCUT2D eigenvalue weighted by Gasteiger charge is -2.51. The third-order valence-electron chi connectivity index (χ3n) is 6.41. The van der Waals surface area contributed by atoms with Gasteiger partial charge in [-0.25, -0.2) is 8.42 Å². The minimum Gasteiger partial charge on any atom is -0.493 e. The number of likely N-dealkylation sites (tertiary alicyclic amines) is 1. The zero-order valence-electron chi connectivity index (χ0n) is 17.9. The summed E-state index contributed by atoms with van der Waals surface area (Å²) >= 11 is 0. The van der Waals surface area contributed by atoms with Crippen LogP contribution in [-0.2, 0) is 14.6 Å². The molecule has 3 atom stereocenters. The van der Waals surface area contributed by atoms with Crippen LogP contribution in [-0.4, -0.2) is 44.4 Å². The summed E-state index contributed by atoms with van der Waals surface area (Å²) in [7, 11) is -0.767. The van der Waals surface area contributed by atoms with Crippen LogP contribution in [0.2, 0.25) is 0 Å². The van der Waals surface area contributed by atoms with Crippen molar-refractivity contribution in [2.45, 2.75) is 54.9 Å². The number of amides is 1. The van der Waals surface area contributed by atoms with Crippen LogP contribution in [0.5, 0.6) is 11.5 Å². The number of sulfone groups is 1. The van der Waals surface area contributed by atoms with Gasteiger partial charge in [0, 0.05) is 24.9 Å². The van der Waals surface area contributed by atoms with Gasteiger partial charge in [0.1, 0.15) is 0 Å². The third-order valence-corrected chi connectivity index (χ3v) is 8.54. The molecule has 0 N–H and O–H groups in total. The van der Waals surface area contributed by atoms with E-state index in [1.807, 2.05) is 25.1 Å². The topological polar surface area (TPSA) is 72.9 Å². The molecule has 0 radical (unpaired) electrons. The van der Waals surface area contributed by atoms with E-state index in [-0.39, 0.29) is 4.90 Å². The number of hydrogen-bond acceptors (Lipinski definition) is 5. The molecule has 0 spiro atoms. The van der Waals surface area contributed by atoms with Gasteiger partial charge in [0.05, 0.1) is 12.0 Å². The fraction of sp³-hybridized carbons (Fsp3) is 0.435. The molecule has 2 aromatic rings. The summed E-state index contributed by atoms with van der Waals surface area (Å²) in [6, 6.07) is 12.3. The third kappa shape index (κ3) is 2.98. The number of nitrogens with zero attached hydrogens (tertiary/aromatic N) is 1. The van der Waals surface area contributed by atoms with E-state index in [0.717, 1.165) is 5.56 Å². The van der Waals surface area contributed by atoms with Gasteiger partial charge >= 0.3 is 0 Å². The fourth-order valence-corrected chi connectivity index (χ4v) is 6.39. The lowest BCUT2D eigenvalue weighted by atomic mass is 9.80. The lowest BCUT2D eigenvalue weighted by Crippen LogP contribution is -2.64. The average molecular weight is 430 g/mol. The molecular formula is C23H27NO5S. The Balaban J connectivity index is 1.86. The number of ether oxygens (including phenoxy) is 2. The Bertz CT molecular complexity index is 1090. The van der Waals surface area contributed by atoms with Crippen molar-refractivity contribution in [3.8, 4) is 11.5 Å². The summed E-state index contributed by atoms with van der Waals surface area (Å²) in [5.74, 6) is 0.360. The molecule has 1 amide bonds. The first-order valence-corrected chi connectivity index (χ1v) is 11.6. The number of piperidine rings is 1. The zero-order chi connectivity index (χ0) is 21.8. The first-order valence-electron chi connectivity index (χ1n) is 10.1. The highest BCUT2D eigenvalue weighted by atomic mass is 32.2. The minimum atomic E-state index is -3.91. The monoisotopic (exact) mass is 429 g/mol. The van der Waals surface area contributed by atoms with E-state index in [0.29, 0.717) is 29.4 Å². The van der Waals surface area contributed by atoms with Crippen molar-refractivity contribution in [1.82, 2.24) is 4.90 Å². The molecule has 0 aliphatic carbocycles. The normalized spacial score (nSPS) is 25.7. The first-order chi connectivity index (χ1) is 14.1. The highest BCUT2D eigenvalue weighted by molar-refractivity contribution is 7.92. The van der Waals surface area contributed by atoms with Crippen molar-refractivity contribution in [3.05, 3.63) is 53.6 Å².